The molecule has 1 aliphatic heterocycles. The number of oxime groups is 1. The number of hydrogen-bond donors (Lipinski definition) is 0. The number of fused-ring (bicyclic) bond motifs is 1. The number of hydrogen-bond acceptors (Lipinski definition) is 5. The summed E-state index contributed by atoms with van der Waals surface area (Å²) in [6.07, 6.45) is 1.86. The zero-order valence-electron chi connectivity index (χ0n) is 15.6. The summed E-state index contributed by atoms with van der Waals surface area (Å²) < 4.78 is 24.6. The number of rotatable bonds is 7. The van der Waals surface area contributed by atoms with Crippen LogP contribution in [0.5, 0.6) is 11.5 Å². The van der Waals surface area contributed by atoms with Crippen LogP contribution >= 0.6 is 0 Å². The van der Waals surface area contributed by atoms with Gasteiger partial charge in [-0.25, -0.2) is 4.39 Å². The van der Waals surface area contributed by atoms with Gasteiger partial charge in [-0.1, -0.05) is 23.4 Å². The van der Waals surface area contributed by atoms with Gasteiger partial charge in [0.2, 0.25) is 6.79 Å². The Kier molecular flexibility index (Phi) is 5.14. The first-order valence-electron chi connectivity index (χ1n) is 9.21. The molecule has 0 saturated heterocycles. The summed E-state index contributed by atoms with van der Waals surface area (Å²) in [6.45, 7) is 2.05. The molecule has 2 aliphatic rings. The van der Waals surface area contributed by atoms with E-state index in [1.807, 2.05) is 18.2 Å². The van der Waals surface area contributed by atoms with Crippen LogP contribution < -0.4 is 9.47 Å². The Morgan fingerprint density at radius 2 is 2.00 bits per heavy atom. The standard InChI is InChI=1S/C21H21FN2O4/c1-14(15-6-9-19-20(10-15)27-13-26-19)23-28-12-21(25)24(17-7-8-17)11-16-4-2-3-5-18(16)22/h2-6,9-10,17H,7-8,11-13H2,1H3/b23-14+. The van der Waals surface area contributed by atoms with Crippen LogP contribution in [0.1, 0.15) is 30.9 Å². The fourth-order valence-corrected chi connectivity index (χ4v) is 3.06. The molecule has 1 saturated carbocycles. The van der Waals surface area contributed by atoms with Crippen LogP contribution in [0.15, 0.2) is 47.6 Å². The molecule has 2 aromatic carbocycles. The maximum absolute atomic E-state index is 13.9. The highest BCUT2D eigenvalue weighted by molar-refractivity contribution is 5.99. The molecule has 1 heterocycles. The van der Waals surface area contributed by atoms with E-state index in [1.54, 1.807) is 30.0 Å². The van der Waals surface area contributed by atoms with Crippen molar-refractivity contribution in [2.75, 3.05) is 13.4 Å². The maximum Gasteiger partial charge on any atom is 0.263 e. The second kappa shape index (κ2) is 7.88. The number of halogens is 1. The fourth-order valence-electron chi connectivity index (χ4n) is 3.06. The van der Waals surface area contributed by atoms with Gasteiger partial charge in [0, 0.05) is 23.7 Å². The molecular formula is C21H21FN2O4. The lowest BCUT2D eigenvalue weighted by molar-refractivity contribution is -0.137. The van der Waals surface area contributed by atoms with E-state index in [1.165, 1.54) is 6.07 Å². The second-order valence-electron chi connectivity index (χ2n) is 6.86. The summed E-state index contributed by atoms with van der Waals surface area (Å²) in [5.74, 6) is 0.848. The van der Waals surface area contributed by atoms with E-state index < -0.39 is 0 Å². The van der Waals surface area contributed by atoms with Crippen molar-refractivity contribution < 1.29 is 23.5 Å². The molecule has 28 heavy (non-hydrogen) atoms. The van der Waals surface area contributed by atoms with E-state index in [0.717, 1.165) is 18.4 Å². The van der Waals surface area contributed by atoms with Gasteiger partial charge in [0.15, 0.2) is 18.1 Å². The van der Waals surface area contributed by atoms with E-state index in [-0.39, 0.29) is 37.7 Å². The van der Waals surface area contributed by atoms with Crippen molar-refractivity contribution in [3.8, 4) is 11.5 Å². The number of benzene rings is 2. The predicted octanol–water partition coefficient (Wildman–Crippen LogP) is 3.49. The molecule has 1 amide bonds. The van der Waals surface area contributed by atoms with Gasteiger partial charge in [0.05, 0.1) is 5.71 Å². The largest absolute Gasteiger partial charge is 0.454 e. The molecule has 0 aromatic heterocycles. The van der Waals surface area contributed by atoms with Gasteiger partial charge in [0.1, 0.15) is 5.82 Å². The molecule has 2 aromatic rings. The van der Waals surface area contributed by atoms with Gasteiger partial charge >= 0.3 is 0 Å². The van der Waals surface area contributed by atoms with E-state index in [9.17, 15) is 9.18 Å². The number of amides is 1. The van der Waals surface area contributed by atoms with Crippen LogP contribution in [0.25, 0.3) is 0 Å². The quantitative estimate of drug-likeness (QED) is 0.542. The van der Waals surface area contributed by atoms with Crippen LogP contribution in [-0.4, -0.2) is 36.0 Å². The lowest BCUT2D eigenvalue weighted by Crippen LogP contribution is -2.35. The van der Waals surface area contributed by atoms with Gasteiger partial charge in [-0.05, 0) is 44.0 Å². The van der Waals surface area contributed by atoms with Gasteiger partial charge < -0.3 is 19.2 Å². The zero-order chi connectivity index (χ0) is 19.5. The highest BCUT2D eigenvalue weighted by Crippen LogP contribution is 2.32. The lowest BCUT2D eigenvalue weighted by atomic mass is 10.1. The van der Waals surface area contributed by atoms with Crippen LogP contribution in [0.2, 0.25) is 0 Å². The highest BCUT2D eigenvalue weighted by atomic mass is 19.1. The lowest BCUT2D eigenvalue weighted by Gasteiger charge is -2.22. The third-order valence-electron chi connectivity index (χ3n) is 4.79. The highest BCUT2D eigenvalue weighted by Gasteiger charge is 2.33. The average molecular weight is 384 g/mol. The summed E-state index contributed by atoms with van der Waals surface area (Å²) in [6, 6.07) is 12.1. The minimum atomic E-state index is -0.307. The van der Waals surface area contributed by atoms with Gasteiger partial charge in [-0.2, -0.15) is 0 Å². The Balaban J connectivity index is 1.37. The third-order valence-corrected chi connectivity index (χ3v) is 4.79. The first-order valence-corrected chi connectivity index (χ1v) is 9.21. The topological polar surface area (TPSA) is 60.4 Å². The minimum Gasteiger partial charge on any atom is -0.454 e. The van der Waals surface area contributed by atoms with Gasteiger partial charge in [-0.15, -0.1) is 0 Å². The van der Waals surface area contributed by atoms with E-state index in [0.29, 0.717) is 22.8 Å². The number of carbonyl (C=O) groups excluding carboxylic acids is 1. The number of carbonyl (C=O) groups is 1. The molecule has 0 unspecified atom stereocenters. The Morgan fingerprint density at radius 3 is 2.79 bits per heavy atom. The van der Waals surface area contributed by atoms with Crippen molar-refractivity contribution in [1.29, 1.82) is 0 Å². The number of ether oxygens (including phenoxy) is 2. The first-order chi connectivity index (χ1) is 13.6. The zero-order valence-corrected chi connectivity index (χ0v) is 15.6. The fraction of sp³-hybridized carbons (Fsp3) is 0.333. The molecule has 4 rings (SSSR count). The van der Waals surface area contributed by atoms with Crippen molar-refractivity contribution in [2.24, 2.45) is 5.16 Å². The smallest absolute Gasteiger partial charge is 0.263 e. The molecule has 1 fully saturated rings. The number of nitrogens with zero attached hydrogens (tertiary/aromatic N) is 2. The van der Waals surface area contributed by atoms with Crippen molar-refractivity contribution in [1.82, 2.24) is 4.90 Å². The summed E-state index contributed by atoms with van der Waals surface area (Å²) >= 11 is 0. The molecule has 0 atom stereocenters. The maximum atomic E-state index is 13.9. The molecule has 0 radical (unpaired) electrons. The molecule has 7 heteroatoms. The van der Waals surface area contributed by atoms with Gasteiger partial charge in [0.25, 0.3) is 5.91 Å². The molecule has 6 nitrogen and oxygen atoms in total. The molecule has 0 spiro atoms. The Morgan fingerprint density at radius 1 is 1.21 bits per heavy atom. The normalized spacial score (nSPS) is 15.4. The minimum absolute atomic E-state index is 0.148. The summed E-state index contributed by atoms with van der Waals surface area (Å²) in [5.41, 5.74) is 1.95. The Hall–Kier alpha value is -3.09. The van der Waals surface area contributed by atoms with Crippen LogP contribution in [0, 0.1) is 5.82 Å². The van der Waals surface area contributed by atoms with E-state index >= 15 is 0 Å². The Bertz CT molecular complexity index is 911. The van der Waals surface area contributed by atoms with Crippen molar-refractivity contribution in [2.45, 2.75) is 32.4 Å². The SMILES string of the molecule is C/C(=N\OCC(=O)N(Cc1ccccc1F)C1CC1)c1ccc2c(c1)OCO2. The summed E-state index contributed by atoms with van der Waals surface area (Å²) in [5, 5.41) is 4.05. The Labute approximate surface area is 162 Å². The van der Waals surface area contributed by atoms with E-state index in [2.05, 4.69) is 5.16 Å². The van der Waals surface area contributed by atoms with Crippen LogP contribution in [0.3, 0.4) is 0 Å². The molecular weight excluding hydrogens is 363 g/mol. The first kappa shape index (κ1) is 18.3. The van der Waals surface area contributed by atoms with Crippen molar-refractivity contribution in [3.63, 3.8) is 0 Å². The van der Waals surface area contributed by atoms with Crippen molar-refractivity contribution >= 4 is 11.6 Å². The van der Waals surface area contributed by atoms with Crippen molar-refractivity contribution in [3.05, 3.63) is 59.4 Å². The molecule has 1 aliphatic carbocycles. The summed E-state index contributed by atoms with van der Waals surface area (Å²) in [7, 11) is 0. The molecule has 0 N–H and O–H groups in total. The monoisotopic (exact) mass is 384 g/mol. The molecule has 0 bridgehead atoms. The summed E-state index contributed by atoms with van der Waals surface area (Å²) in [4.78, 5) is 19.5. The predicted molar refractivity (Wildman–Crippen MR) is 101 cm³/mol. The average Bonchev–Trinajstić information content (AvgIpc) is 3.43. The third kappa shape index (κ3) is 4.08. The van der Waals surface area contributed by atoms with Gasteiger partial charge in [-0.3, -0.25) is 4.79 Å². The van der Waals surface area contributed by atoms with Crippen LogP contribution in [0.4, 0.5) is 4.39 Å². The molecule has 146 valence electrons. The second-order valence-corrected chi connectivity index (χ2v) is 6.86. The van der Waals surface area contributed by atoms with Crippen LogP contribution in [-0.2, 0) is 16.2 Å². The van der Waals surface area contributed by atoms with E-state index in [4.69, 9.17) is 14.3 Å².